The average Bonchev–Trinajstić information content (AvgIpc) is 2.43. The number of halogens is 1. The Morgan fingerprint density at radius 3 is 2.52 bits per heavy atom. The Morgan fingerprint density at radius 1 is 1.33 bits per heavy atom. The number of nitrogens with one attached hydrogen (secondary N) is 1. The first-order valence-corrected chi connectivity index (χ1v) is 7.62. The Balaban J connectivity index is 2.57. The van der Waals surface area contributed by atoms with Crippen LogP contribution in [-0.2, 0) is 9.53 Å². The number of pyridine rings is 1. The lowest BCUT2D eigenvalue weighted by atomic mass is 10.2. The van der Waals surface area contributed by atoms with Gasteiger partial charge < -0.3 is 14.8 Å². The maximum atomic E-state index is 12.0. The molecule has 116 valence electrons. The van der Waals surface area contributed by atoms with Gasteiger partial charge in [0.1, 0.15) is 9.39 Å². The number of amides is 1. The van der Waals surface area contributed by atoms with Crippen molar-refractivity contribution >= 4 is 34.5 Å². The standard InChI is InChI=1S/C14H19IN2O4/c1-8(2)21-14(19)9(3)7-16-13(18)10-5-6-11(20-4)12(15)17-10/h5-6,8-9H,7H2,1-4H3,(H,16,18)/t9-/m1/s1. The molecule has 21 heavy (non-hydrogen) atoms. The highest BCUT2D eigenvalue weighted by molar-refractivity contribution is 14.1. The molecule has 0 aliphatic carbocycles. The number of hydrogen-bond acceptors (Lipinski definition) is 5. The van der Waals surface area contributed by atoms with E-state index in [1.165, 1.54) is 0 Å². The minimum absolute atomic E-state index is 0.166. The van der Waals surface area contributed by atoms with Crippen molar-refractivity contribution in [3.8, 4) is 5.75 Å². The van der Waals surface area contributed by atoms with Gasteiger partial charge in [0.05, 0.1) is 19.1 Å². The third-order valence-electron chi connectivity index (χ3n) is 2.59. The van der Waals surface area contributed by atoms with Crippen molar-refractivity contribution in [1.29, 1.82) is 0 Å². The second kappa shape index (κ2) is 8.16. The lowest BCUT2D eigenvalue weighted by Crippen LogP contribution is -2.33. The molecule has 0 radical (unpaired) electrons. The number of nitrogens with zero attached hydrogens (tertiary/aromatic N) is 1. The number of carbonyl (C=O) groups is 2. The van der Waals surface area contributed by atoms with E-state index < -0.39 is 5.92 Å². The molecule has 1 heterocycles. The molecule has 0 saturated heterocycles. The van der Waals surface area contributed by atoms with Gasteiger partial charge in [0.25, 0.3) is 5.91 Å². The van der Waals surface area contributed by atoms with Crippen LogP contribution in [0.15, 0.2) is 12.1 Å². The summed E-state index contributed by atoms with van der Waals surface area (Å²) in [6.07, 6.45) is -0.166. The summed E-state index contributed by atoms with van der Waals surface area (Å²) in [6.45, 7) is 5.48. The van der Waals surface area contributed by atoms with E-state index in [9.17, 15) is 9.59 Å². The molecule has 1 rings (SSSR count). The van der Waals surface area contributed by atoms with Gasteiger partial charge in [-0.3, -0.25) is 9.59 Å². The van der Waals surface area contributed by atoms with Crippen molar-refractivity contribution in [3.63, 3.8) is 0 Å². The molecule has 0 bridgehead atoms. The van der Waals surface area contributed by atoms with Crippen molar-refractivity contribution in [2.45, 2.75) is 26.9 Å². The summed E-state index contributed by atoms with van der Waals surface area (Å²) in [7, 11) is 1.54. The molecule has 6 nitrogen and oxygen atoms in total. The first-order valence-electron chi connectivity index (χ1n) is 6.54. The lowest BCUT2D eigenvalue weighted by molar-refractivity contribution is -0.151. The highest BCUT2D eigenvalue weighted by Gasteiger charge is 2.18. The molecular formula is C14H19IN2O4. The minimum atomic E-state index is -0.409. The summed E-state index contributed by atoms with van der Waals surface area (Å²) in [5.41, 5.74) is 0.282. The van der Waals surface area contributed by atoms with Gasteiger partial charge >= 0.3 is 5.97 Å². The highest BCUT2D eigenvalue weighted by atomic mass is 127. The summed E-state index contributed by atoms with van der Waals surface area (Å²) >= 11 is 1.99. The summed E-state index contributed by atoms with van der Waals surface area (Å²) in [4.78, 5) is 27.8. The van der Waals surface area contributed by atoms with E-state index in [4.69, 9.17) is 9.47 Å². The molecule has 0 spiro atoms. The number of hydrogen-bond donors (Lipinski definition) is 1. The van der Waals surface area contributed by atoms with E-state index in [0.29, 0.717) is 9.45 Å². The largest absolute Gasteiger partial charge is 0.494 e. The summed E-state index contributed by atoms with van der Waals surface area (Å²) in [5, 5.41) is 2.67. The SMILES string of the molecule is COc1ccc(C(=O)NC[C@@H](C)C(=O)OC(C)C)nc1I. The fraction of sp³-hybridized carbons (Fsp3) is 0.500. The molecule has 0 aliphatic heterocycles. The summed E-state index contributed by atoms with van der Waals surface area (Å²) in [5.74, 6) is -0.461. The molecule has 0 aromatic carbocycles. The second-order valence-corrected chi connectivity index (χ2v) is 5.81. The van der Waals surface area contributed by atoms with Crippen molar-refractivity contribution in [1.82, 2.24) is 10.3 Å². The Bertz CT molecular complexity index is 520. The molecule has 1 atom stereocenters. The van der Waals surface area contributed by atoms with Crippen molar-refractivity contribution < 1.29 is 19.1 Å². The maximum absolute atomic E-state index is 12.0. The molecule has 1 amide bonds. The predicted molar refractivity (Wildman–Crippen MR) is 86.2 cm³/mol. The zero-order chi connectivity index (χ0) is 16.0. The van der Waals surface area contributed by atoms with Crippen LogP contribution in [0.25, 0.3) is 0 Å². The van der Waals surface area contributed by atoms with Crippen LogP contribution in [0.2, 0.25) is 0 Å². The quantitative estimate of drug-likeness (QED) is 0.445. The van der Waals surface area contributed by atoms with Gasteiger partial charge in [-0.15, -0.1) is 0 Å². The first-order chi connectivity index (χ1) is 9.85. The van der Waals surface area contributed by atoms with Crippen molar-refractivity contribution in [2.75, 3.05) is 13.7 Å². The third-order valence-corrected chi connectivity index (χ3v) is 3.36. The van der Waals surface area contributed by atoms with E-state index in [2.05, 4.69) is 10.3 Å². The predicted octanol–water partition coefficient (Wildman–Crippen LogP) is 2.01. The van der Waals surface area contributed by atoms with Crippen LogP contribution in [0.5, 0.6) is 5.75 Å². The zero-order valence-corrected chi connectivity index (χ0v) is 14.6. The Hall–Kier alpha value is -1.38. The van der Waals surface area contributed by atoms with Crippen LogP contribution < -0.4 is 10.1 Å². The summed E-state index contributed by atoms with van der Waals surface area (Å²) in [6, 6.07) is 3.26. The van der Waals surface area contributed by atoms with Crippen LogP contribution in [0.4, 0.5) is 0 Å². The highest BCUT2D eigenvalue weighted by Crippen LogP contribution is 2.18. The number of carbonyl (C=O) groups excluding carboxylic acids is 2. The van der Waals surface area contributed by atoms with Gasteiger partial charge in [0, 0.05) is 6.54 Å². The Labute approximate surface area is 137 Å². The van der Waals surface area contributed by atoms with E-state index in [-0.39, 0.29) is 30.2 Å². The van der Waals surface area contributed by atoms with Gasteiger partial charge in [-0.2, -0.15) is 0 Å². The molecule has 0 saturated carbocycles. The topological polar surface area (TPSA) is 77.5 Å². The van der Waals surface area contributed by atoms with E-state index >= 15 is 0 Å². The van der Waals surface area contributed by atoms with E-state index in [0.717, 1.165) is 0 Å². The van der Waals surface area contributed by atoms with Crippen molar-refractivity contribution in [3.05, 3.63) is 21.5 Å². The normalized spacial score (nSPS) is 11.9. The molecule has 1 aromatic rings. The van der Waals surface area contributed by atoms with Crippen molar-refractivity contribution in [2.24, 2.45) is 5.92 Å². The van der Waals surface area contributed by atoms with Crippen LogP contribution in [0.3, 0.4) is 0 Å². The first kappa shape index (κ1) is 17.7. The van der Waals surface area contributed by atoms with Gasteiger partial charge in [-0.25, -0.2) is 4.98 Å². The number of rotatable bonds is 6. The number of esters is 1. The van der Waals surface area contributed by atoms with E-state index in [1.54, 1.807) is 40.0 Å². The molecular weight excluding hydrogens is 387 g/mol. The van der Waals surface area contributed by atoms with Crippen LogP contribution in [0.1, 0.15) is 31.3 Å². The summed E-state index contributed by atoms with van der Waals surface area (Å²) < 4.78 is 10.8. The third kappa shape index (κ3) is 5.49. The van der Waals surface area contributed by atoms with Crippen LogP contribution in [0, 0.1) is 9.62 Å². The van der Waals surface area contributed by atoms with Gasteiger partial charge in [0.2, 0.25) is 0 Å². The molecule has 1 aromatic heterocycles. The number of ether oxygens (including phenoxy) is 2. The van der Waals surface area contributed by atoms with Gasteiger partial charge in [-0.1, -0.05) is 6.92 Å². The van der Waals surface area contributed by atoms with E-state index in [1.807, 2.05) is 22.6 Å². The minimum Gasteiger partial charge on any atom is -0.494 e. The van der Waals surface area contributed by atoms with Gasteiger partial charge in [0.15, 0.2) is 5.75 Å². The second-order valence-electron chi connectivity index (χ2n) is 4.79. The molecule has 0 fully saturated rings. The molecule has 0 aliphatic rings. The molecule has 0 unspecified atom stereocenters. The smallest absolute Gasteiger partial charge is 0.310 e. The fourth-order valence-corrected chi connectivity index (χ4v) is 2.13. The van der Waals surface area contributed by atoms with Crippen LogP contribution in [-0.4, -0.2) is 36.6 Å². The monoisotopic (exact) mass is 406 g/mol. The number of aromatic nitrogens is 1. The zero-order valence-electron chi connectivity index (χ0n) is 12.5. The molecule has 7 heteroatoms. The maximum Gasteiger partial charge on any atom is 0.310 e. The fourth-order valence-electron chi connectivity index (χ4n) is 1.47. The Kier molecular flexibility index (Phi) is 6.86. The lowest BCUT2D eigenvalue weighted by Gasteiger charge is -2.14. The Morgan fingerprint density at radius 2 is 2.00 bits per heavy atom. The molecule has 1 N–H and O–H groups in total. The van der Waals surface area contributed by atoms with Crippen LogP contribution >= 0.6 is 22.6 Å². The van der Waals surface area contributed by atoms with Gasteiger partial charge in [-0.05, 0) is 48.6 Å². The average molecular weight is 406 g/mol. The number of methoxy groups -OCH3 is 1.